The molecule has 0 amide bonds. The molecule has 0 aliphatic carbocycles. The van der Waals surface area contributed by atoms with E-state index in [0.717, 1.165) is 21.4 Å². The number of aromatic nitrogens is 1. The van der Waals surface area contributed by atoms with Gasteiger partial charge in [-0.2, -0.15) is 0 Å². The third-order valence-corrected chi connectivity index (χ3v) is 3.31. The van der Waals surface area contributed by atoms with Gasteiger partial charge < -0.3 is 4.74 Å². The molecule has 0 spiro atoms. The van der Waals surface area contributed by atoms with Crippen LogP contribution < -0.4 is 4.74 Å². The maximum Gasteiger partial charge on any atom is 0.347 e. The molecule has 2 rings (SSSR count). The summed E-state index contributed by atoms with van der Waals surface area (Å²) in [6, 6.07) is 5.52. The summed E-state index contributed by atoms with van der Waals surface area (Å²) in [5.41, 5.74) is 0.928. The highest BCUT2D eigenvalue weighted by atomic mass is 79.9. The molecule has 88 valence electrons. The molecule has 0 N–H and O–H groups in total. The van der Waals surface area contributed by atoms with Gasteiger partial charge in [-0.3, -0.25) is 10.1 Å². The molecule has 7 heteroatoms. The standard InChI is InChI=1S/C10H7BrN2O3S/c1-6-4-7(11)2-3-8(6)16-10-12-5-9(17-10)13(14)15/h2-5H,1H3. The van der Waals surface area contributed by atoms with E-state index in [1.54, 1.807) is 6.07 Å². The van der Waals surface area contributed by atoms with E-state index < -0.39 is 4.92 Å². The summed E-state index contributed by atoms with van der Waals surface area (Å²) in [5, 5.41) is 10.7. The molecule has 0 fully saturated rings. The van der Waals surface area contributed by atoms with Gasteiger partial charge in [0.2, 0.25) is 0 Å². The number of ether oxygens (including phenoxy) is 1. The minimum atomic E-state index is -0.487. The lowest BCUT2D eigenvalue weighted by Crippen LogP contribution is -1.86. The van der Waals surface area contributed by atoms with Crippen LogP contribution >= 0.6 is 27.3 Å². The fourth-order valence-corrected chi connectivity index (χ4v) is 2.27. The fraction of sp³-hybridized carbons (Fsp3) is 0.100. The molecular formula is C10H7BrN2O3S. The lowest BCUT2D eigenvalue weighted by molar-refractivity contribution is -0.380. The average molecular weight is 315 g/mol. The zero-order valence-electron chi connectivity index (χ0n) is 8.71. The Bertz CT molecular complexity index is 570. The Morgan fingerprint density at radius 1 is 1.53 bits per heavy atom. The van der Waals surface area contributed by atoms with Gasteiger partial charge in [-0.25, -0.2) is 4.98 Å². The van der Waals surface area contributed by atoms with Crippen molar-refractivity contribution in [1.29, 1.82) is 0 Å². The lowest BCUT2D eigenvalue weighted by atomic mass is 10.2. The first-order valence-corrected chi connectivity index (χ1v) is 6.21. The van der Waals surface area contributed by atoms with Crippen molar-refractivity contribution >= 4 is 32.3 Å². The van der Waals surface area contributed by atoms with E-state index in [9.17, 15) is 10.1 Å². The predicted molar refractivity (Wildman–Crippen MR) is 67.7 cm³/mol. The topological polar surface area (TPSA) is 65.3 Å². The normalized spacial score (nSPS) is 10.2. The van der Waals surface area contributed by atoms with Crippen LogP contribution in [0.4, 0.5) is 5.00 Å². The molecule has 0 bridgehead atoms. The van der Waals surface area contributed by atoms with E-state index in [4.69, 9.17) is 4.74 Å². The minimum absolute atomic E-state index is 0.0326. The fourth-order valence-electron chi connectivity index (χ4n) is 1.20. The Balaban J connectivity index is 2.22. The van der Waals surface area contributed by atoms with Crippen LogP contribution in [0.5, 0.6) is 10.9 Å². The van der Waals surface area contributed by atoms with Crippen molar-refractivity contribution in [3.63, 3.8) is 0 Å². The molecule has 0 radical (unpaired) electrons. The predicted octanol–water partition coefficient (Wildman–Crippen LogP) is 3.91. The second-order valence-corrected chi connectivity index (χ2v) is 5.12. The summed E-state index contributed by atoms with van der Waals surface area (Å²) in [6.45, 7) is 1.89. The van der Waals surface area contributed by atoms with E-state index in [1.165, 1.54) is 6.20 Å². The first-order valence-electron chi connectivity index (χ1n) is 4.60. The molecule has 1 heterocycles. The number of thiazole rings is 1. The molecule has 1 aromatic heterocycles. The molecule has 0 saturated heterocycles. The van der Waals surface area contributed by atoms with Gasteiger partial charge in [0.15, 0.2) is 0 Å². The van der Waals surface area contributed by atoms with Gasteiger partial charge in [0.1, 0.15) is 11.9 Å². The van der Waals surface area contributed by atoms with Crippen LogP contribution in [0.25, 0.3) is 0 Å². The molecule has 0 atom stereocenters. The molecule has 5 nitrogen and oxygen atoms in total. The van der Waals surface area contributed by atoms with Gasteiger partial charge in [0, 0.05) is 4.47 Å². The Labute approximate surface area is 109 Å². The summed E-state index contributed by atoms with van der Waals surface area (Å²) in [4.78, 5) is 13.8. The second kappa shape index (κ2) is 4.80. The highest BCUT2D eigenvalue weighted by Gasteiger charge is 2.13. The first kappa shape index (κ1) is 12.0. The van der Waals surface area contributed by atoms with Gasteiger partial charge in [-0.05, 0) is 42.0 Å². The van der Waals surface area contributed by atoms with E-state index in [1.807, 2.05) is 19.1 Å². The van der Waals surface area contributed by atoms with E-state index in [-0.39, 0.29) is 10.2 Å². The number of halogens is 1. The van der Waals surface area contributed by atoms with Crippen LogP contribution in [-0.2, 0) is 0 Å². The van der Waals surface area contributed by atoms with Crippen molar-refractivity contribution in [2.24, 2.45) is 0 Å². The SMILES string of the molecule is Cc1cc(Br)ccc1Oc1ncc([N+](=O)[O-])s1. The largest absolute Gasteiger partial charge is 0.430 e. The smallest absolute Gasteiger partial charge is 0.347 e. The zero-order chi connectivity index (χ0) is 12.4. The lowest BCUT2D eigenvalue weighted by Gasteiger charge is -2.04. The maximum absolute atomic E-state index is 10.5. The number of aryl methyl sites for hydroxylation is 1. The monoisotopic (exact) mass is 314 g/mol. The zero-order valence-corrected chi connectivity index (χ0v) is 11.1. The first-order chi connectivity index (χ1) is 8.06. The van der Waals surface area contributed by atoms with Crippen LogP contribution in [0.15, 0.2) is 28.9 Å². The molecule has 0 aliphatic heterocycles. The number of benzene rings is 1. The van der Waals surface area contributed by atoms with Crippen molar-refractivity contribution in [1.82, 2.24) is 4.98 Å². The Morgan fingerprint density at radius 2 is 2.29 bits per heavy atom. The van der Waals surface area contributed by atoms with Crippen LogP contribution in [0.1, 0.15) is 5.56 Å². The summed E-state index contributed by atoms with van der Waals surface area (Å²) in [6.07, 6.45) is 1.19. The Hall–Kier alpha value is -1.47. The molecule has 2 aromatic rings. The Morgan fingerprint density at radius 3 is 2.88 bits per heavy atom. The highest BCUT2D eigenvalue weighted by Crippen LogP contribution is 2.32. The second-order valence-electron chi connectivity index (χ2n) is 3.23. The maximum atomic E-state index is 10.5. The number of hydrogen-bond acceptors (Lipinski definition) is 5. The summed E-state index contributed by atoms with van der Waals surface area (Å²) in [5.74, 6) is 0.637. The molecule has 17 heavy (non-hydrogen) atoms. The third kappa shape index (κ3) is 2.80. The van der Waals surface area contributed by atoms with Crippen molar-refractivity contribution < 1.29 is 9.66 Å². The molecule has 0 saturated carbocycles. The highest BCUT2D eigenvalue weighted by molar-refractivity contribution is 9.10. The van der Waals surface area contributed by atoms with Gasteiger partial charge in [0.05, 0.1) is 4.92 Å². The number of nitrogens with zero attached hydrogens (tertiary/aromatic N) is 2. The van der Waals surface area contributed by atoms with Crippen LogP contribution in [-0.4, -0.2) is 9.91 Å². The molecule has 0 aliphatic rings. The quantitative estimate of drug-likeness (QED) is 0.636. The number of nitro groups is 1. The van der Waals surface area contributed by atoms with E-state index >= 15 is 0 Å². The van der Waals surface area contributed by atoms with E-state index in [0.29, 0.717) is 5.75 Å². The minimum Gasteiger partial charge on any atom is -0.430 e. The van der Waals surface area contributed by atoms with Crippen molar-refractivity contribution in [2.75, 3.05) is 0 Å². The summed E-state index contributed by atoms with van der Waals surface area (Å²) >= 11 is 4.25. The van der Waals surface area contributed by atoms with Gasteiger partial charge in [0.25, 0.3) is 5.19 Å². The third-order valence-electron chi connectivity index (χ3n) is 1.99. The average Bonchev–Trinajstić information content (AvgIpc) is 2.71. The summed E-state index contributed by atoms with van der Waals surface area (Å²) in [7, 11) is 0. The van der Waals surface area contributed by atoms with Crippen LogP contribution in [0, 0.1) is 17.0 Å². The van der Waals surface area contributed by atoms with Crippen molar-refractivity contribution in [3.8, 4) is 10.9 Å². The van der Waals surface area contributed by atoms with Crippen molar-refractivity contribution in [3.05, 3.63) is 44.5 Å². The van der Waals surface area contributed by atoms with E-state index in [2.05, 4.69) is 20.9 Å². The van der Waals surface area contributed by atoms with Crippen LogP contribution in [0.3, 0.4) is 0 Å². The van der Waals surface area contributed by atoms with Crippen LogP contribution in [0.2, 0.25) is 0 Å². The van der Waals surface area contributed by atoms with Gasteiger partial charge in [-0.15, -0.1) is 0 Å². The molecule has 1 aromatic carbocycles. The summed E-state index contributed by atoms with van der Waals surface area (Å²) < 4.78 is 6.43. The Kier molecular flexibility index (Phi) is 3.39. The number of rotatable bonds is 3. The van der Waals surface area contributed by atoms with Gasteiger partial charge >= 0.3 is 5.00 Å². The molecular weight excluding hydrogens is 308 g/mol. The van der Waals surface area contributed by atoms with Gasteiger partial charge in [-0.1, -0.05) is 15.9 Å². The number of hydrogen-bond donors (Lipinski definition) is 0. The molecule has 0 unspecified atom stereocenters. The van der Waals surface area contributed by atoms with Crippen molar-refractivity contribution in [2.45, 2.75) is 6.92 Å².